The number of hydrogen-bond donors (Lipinski definition) is 1. The van der Waals surface area contributed by atoms with Crippen LogP contribution in [0.5, 0.6) is 0 Å². The monoisotopic (exact) mass is 397 g/mol. The van der Waals surface area contributed by atoms with Crippen LogP contribution in [0, 0.1) is 5.92 Å². The maximum Gasteiger partial charge on any atom is 0.241 e. The van der Waals surface area contributed by atoms with E-state index in [1.807, 2.05) is 0 Å². The summed E-state index contributed by atoms with van der Waals surface area (Å²) in [6.07, 6.45) is 1.93. The summed E-state index contributed by atoms with van der Waals surface area (Å²) < 4.78 is 27.5. The van der Waals surface area contributed by atoms with Gasteiger partial charge in [-0.3, -0.25) is 0 Å². The molecule has 0 spiro atoms. The average molecular weight is 399 g/mol. The normalized spacial score (nSPS) is 13.5. The molecule has 102 valence electrons. The lowest BCUT2D eigenvalue weighted by atomic mass is 10.0. The van der Waals surface area contributed by atoms with Gasteiger partial charge in [-0.05, 0) is 40.4 Å². The number of alkyl halides is 1. The molecule has 18 heavy (non-hydrogen) atoms. The number of nitrogens with one attached hydrogen (secondary N) is 1. The Morgan fingerprint density at radius 2 is 2.00 bits per heavy atom. The Balaban J connectivity index is 2.74. The predicted octanol–water partition coefficient (Wildman–Crippen LogP) is 3.54. The number of halogens is 2. The summed E-state index contributed by atoms with van der Waals surface area (Å²) in [5.74, 6) is 0.363. The second-order valence-electron chi connectivity index (χ2n) is 4.03. The Morgan fingerprint density at radius 1 is 1.33 bits per heavy atom. The van der Waals surface area contributed by atoms with Crippen molar-refractivity contribution in [3.05, 3.63) is 28.7 Å². The zero-order valence-electron chi connectivity index (χ0n) is 10.2. The van der Waals surface area contributed by atoms with E-state index in [0.717, 1.165) is 18.2 Å². The minimum Gasteiger partial charge on any atom is -0.211 e. The molecule has 0 aliphatic rings. The maximum atomic E-state index is 12.1. The molecule has 0 aliphatic heterocycles. The van der Waals surface area contributed by atoms with E-state index >= 15 is 0 Å². The summed E-state index contributed by atoms with van der Waals surface area (Å²) in [6.45, 7) is 2.55. The lowest BCUT2D eigenvalue weighted by Crippen LogP contribution is -2.29. The molecule has 0 fully saturated rings. The van der Waals surface area contributed by atoms with Crippen molar-refractivity contribution in [2.45, 2.75) is 24.7 Å². The Bertz CT molecular complexity index is 477. The van der Waals surface area contributed by atoms with Crippen molar-refractivity contribution in [2.75, 3.05) is 11.9 Å². The Kier molecular flexibility index (Phi) is 6.84. The quantitative estimate of drug-likeness (QED) is 0.714. The third kappa shape index (κ3) is 4.64. The highest BCUT2D eigenvalue weighted by atomic mass is 79.9. The van der Waals surface area contributed by atoms with Gasteiger partial charge in [0.15, 0.2) is 0 Å². The van der Waals surface area contributed by atoms with Crippen molar-refractivity contribution in [3.8, 4) is 0 Å². The fourth-order valence-corrected chi connectivity index (χ4v) is 4.34. The van der Waals surface area contributed by atoms with Crippen molar-refractivity contribution in [2.24, 2.45) is 5.92 Å². The zero-order valence-corrected chi connectivity index (χ0v) is 14.2. The number of rotatable bonds is 7. The summed E-state index contributed by atoms with van der Waals surface area (Å²) in [4.78, 5) is 0.290. The highest BCUT2D eigenvalue weighted by Crippen LogP contribution is 2.21. The first kappa shape index (κ1) is 16.1. The van der Waals surface area contributed by atoms with Crippen molar-refractivity contribution in [1.82, 2.24) is 4.72 Å². The van der Waals surface area contributed by atoms with Gasteiger partial charge in [-0.25, -0.2) is 13.1 Å². The summed E-state index contributed by atoms with van der Waals surface area (Å²) in [5, 5.41) is 0.891. The lowest BCUT2D eigenvalue weighted by molar-refractivity contribution is 0.483. The Hall–Kier alpha value is 0.0900. The van der Waals surface area contributed by atoms with Gasteiger partial charge in [0.1, 0.15) is 0 Å². The van der Waals surface area contributed by atoms with E-state index in [2.05, 4.69) is 43.5 Å². The van der Waals surface area contributed by atoms with Gasteiger partial charge in [-0.2, -0.15) is 0 Å². The first-order chi connectivity index (χ1) is 8.51. The fraction of sp³-hybridized carbons (Fsp3) is 0.500. The Labute approximate surface area is 126 Å². The minimum absolute atomic E-state index is 0.290. The molecule has 0 saturated carbocycles. The molecule has 0 aliphatic carbocycles. The van der Waals surface area contributed by atoms with Crippen LogP contribution in [0.3, 0.4) is 0 Å². The first-order valence-corrected chi connectivity index (χ1v) is 9.21. The average Bonchev–Trinajstić information content (AvgIpc) is 2.34. The van der Waals surface area contributed by atoms with Crippen LogP contribution in [-0.2, 0) is 10.0 Å². The maximum absolute atomic E-state index is 12.1. The van der Waals surface area contributed by atoms with E-state index in [1.165, 1.54) is 0 Å². The highest BCUT2D eigenvalue weighted by Gasteiger charge is 2.18. The molecule has 1 atom stereocenters. The molecule has 0 bridgehead atoms. The van der Waals surface area contributed by atoms with Gasteiger partial charge >= 0.3 is 0 Å². The SMILES string of the molecule is CCC(CCBr)CNS(=O)(=O)c1ccccc1Br. The molecule has 0 saturated heterocycles. The zero-order chi connectivity index (χ0) is 13.6. The largest absolute Gasteiger partial charge is 0.241 e. The topological polar surface area (TPSA) is 46.2 Å². The van der Waals surface area contributed by atoms with Crippen molar-refractivity contribution >= 4 is 41.9 Å². The molecule has 0 heterocycles. The number of hydrogen-bond acceptors (Lipinski definition) is 2. The molecular weight excluding hydrogens is 382 g/mol. The summed E-state index contributed by atoms with van der Waals surface area (Å²) in [7, 11) is -3.43. The second-order valence-corrected chi connectivity index (χ2v) is 7.42. The molecule has 1 aromatic carbocycles. The molecule has 1 aromatic rings. The molecule has 0 aromatic heterocycles. The standard InChI is InChI=1S/C12H17Br2NO2S/c1-2-10(7-8-13)9-15-18(16,17)12-6-4-3-5-11(12)14/h3-6,10,15H,2,7-9H2,1H3. The van der Waals surface area contributed by atoms with Crippen molar-refractivity contribution in [1.29, 1.82) is 0 Å². The van der Waals surface area contributed by atoms with Crippen LogP contribution in [0.1, 0.15) is 19.8 Å². The molecule has 0 amide bonds. The Morgan fingerprint density at radius 3 is 2.56 bits per heavy atom. The van der Waals surface area contributed by atoms with Gasteiger partial charge in [0.2, 0.25) is 10.0 Å². The molecule has 0 radical (unpaired) electrons. The van der Waals surface area contributed by atoms with Crippen LogP contribution in [0.25, 0.3) is 0 Å². The van der Waals surface area contributed by atoms with Gasteiger partial charge in [0.05, 0.1) is 4.90 Å². The minimum atomic E-state index is -3.43. The molecular formula is C12H17Br2NO2S. The summed E-state index contributed by atoms with van der Waals surface area (Å²) >= 11 is 6.64. The van der Waals surface area contributed by atoms with E-state index in [9.17, 15) is 8.42 Å². The number of benzene rings is 1. The highest BCUT2D eigenvalue weighted by molar-refractivity contribution is 9.10. The van der Waals surface area contributed by atoms with Gasteiger partial charge in [-0.1, -0.05) is 41.4 Å². The molecule has 3 nitrogen and oxygen atoms in total. The molecule has 1 rings (SSSR count). The molecule has 1 unspecified atom stereocenters. The predicted molar refractivity (Wildman–Crippen MR) is 81.5 cm³/mol. The van der Waals surface area contributed by atoms with E-state index in [4.69, 9.17) is 0 Å². The van der Waals surface area contributed by atoms with E-state index < -0.39 is 10.0 Å². The summed E-state index contributed by atoms with van der Waals surface area (Å²) in [5.41, 5.74) is 0. The smallest absolute Gasteiger partial charge is 0.211 e. The van der Waals surface area contributed by atoms with E-state index in [-0.39, 0.29) is 0 Å². The summed E-state index contributed by atoms with van der Waals surface area (Å²) in [6, 6.07) is 6.83. The van der Waals surface area contributed by atoms with Crippen LogP contribution in [0.2, 0.25) is 0 Å². The van der Waals surface area contributed by atoms with Gasteiger partial charge < -0.3 is 0 Å². The first-order valence-electron chi connectivity index (χ1n) is 5.81. The van der Waals surface area contributed by atoms with Crippen LogP contribution in [0.4, 0.5) is 0 Å². The van der Waals surface area contributed by atoms with E-state index in [0.29, 0.717) is 21.8 Å². The second kappa shape index (κ2) is 7.62. The number of sulfonamides is 1. The van der Waals surface area contributed by atoms with Crippen LogP contribution >= 0.6 is 31.9 Å². The van der Waals surface area contributed by atoms with Gasteiger partial charge in [0, 0.05) is 16.3 Å². The van der Waals surface area contributed by atoms with Crippen LogP contribution < -0.4 is 4.72 Å². The fourth-order valence-electron chi connectivity index (χ4n) is 1.57. The lowest BCUT2D eigenvalue weighted by Gasteiger charge is -2.15. The van der Waals surface area contributed by atoms with Gasteiger partial charge in [0.25, 0.3) is 0 Å². The third-order valence-corrected chi connectivity index (χ3v) is 5.68. The van der Waals surface area contributed by atoms with E-state index in [1.54, 1.807) is 24.3 Å². The molecule has 1 N–H and O–H groups in total. The van der Waals surface area contributed by atoms with Crippen molar-refractivity contribution in [3.63, 3.8) is 0 Å². The van der Waals surface area contributed by atoms with Crippen molar-refractivity contribution < 1.29 is 8.42 Å². The van der Waals surface area contributed by atoms with Crippen LogP contribution in [0.15, 0.2) is 33.6 Å². The van der Waals surface area contributed by atoms with Crippen LogP contribution in [-0.4, -0.2) is 20.3 Å². The molecule has 6 heteroatoms. The third-order valence-electron chi connectivity index (χ3n) is 2.78. The van der Waals surface area contributed by atoms with Gasteiger partial charge in [-0.15, -0.1) is 0 Å².